The van der Waals surface area contributed by atoms with Gasteiger partial charge in [-0.25, -0.2) is 0 Å². The van der Waals surface area contributed by atoms with E-state index in [4.69, 9.17) is 9.47 Å². The Morgan fingerprint density at radius 1 is 1.22 bits per heavy atom. The van der Waals surface area contributed by atoms with Crippen LogP contribution < -0.4 is 5.32 Å². The van der Waals surface area contributed by atoms with E-state index in [0.29, 0.717) is 6.79 Å². The second-order valence-corrected chi connectivity index (χ2v) is 4.65. The minimum Gasteiger partial charge on any atom is -0.462 e. The molecule has 0 saturated carbocycles. The summed E-state index contributed by atoms with van der Waals surface area (Å²) in [5.41, 5.74) is 3.79. The molecule has 4 rings (SSSR count). The Kier molecular flexibility index (Phi) is 2.11. The number of hydrogen-bond acceptors (Lipinski definition) is 3. The Morgan fingerprint density at radius 3 is 3.06 bits per heavy atom. The van der Waals surface area contributed by atoms with E-state index in [1.807, 2.05) is 0 Å². The van der Waals surface area contributed by atoms with Crippen molar-refractivity contribution in [1.29, 1.82) is 0 Å². The molecule has 0 spiro atoms. The van der Waals surface area contributed by atoms with Crippen molar-refractivity contribution >= 4 is 10.9 Å². The van der Waals surface area contributed by atoms with Crippen LogP contribution in [0.4, 0.5) is 0 Å². The lowest BCUT2D eigenvalue weighted by Crippen LogP contribution is -2.31. The summed E-state index contributed by atoms with van der Waals surface area (Å²) in [4.78, 5) is 3.50. The van der Waals surface area contributed by atoms with Gasteiger partial charge in [0.05, 0.1) is 0 Å². The second kappa shape index (κ2) is 3.78. The van der Waals surface area contributed by atoms with E-state index in [9.17, 15) is 0 Å². The summed E-state index contributed by atoms with van der Waals surface area (Å²) >= 11 is 0. The van der Waals surface area contributed by atoms with Gasteiger partial charge in [-0.3, -0.25) is 0 Å². The molecular formula is C14H14N2O2. The topological polar surface area (TPSA) is 46.3 Å². The van der Waals surface area contributed by atoms with Crippen LogP contribution in [0.2, 0.25) is 0 Å². The molecule has 0 saturated heterocycles. The van der Waals surface area contributed by atoms with E-state index >= 15 is 0 Å². The highest BCUT2D eigenvalue weighted by Gasteiger charge is 2.29. The number of aromatic amines is 1. The monoisotopic (exact) mass is 242 g/mol. The second-order valence-electron chi connectivity index (χ2n) is 4.65. The average Bonchev–Trinajstić information content (AvgIpc) is 3.05. The maximum Gasteiger partial charge on any atom is 0.229 e. The summed E-state index contributed by atoms with van der Waals surface area (Å²) in [5.74, 6) is 0.863. The maximum absolute atomic E-state index is 5.50. The average molecular weight is 242 g/mol. The molecule has 3 heterocycles. The highest BCUT2D eigenvalue weighted by Crippen LogP contribution is 2.34. The molecule has 2 N–H and O–H groups in total. The lowest BCUT2D eigenvalue weighted by molar-refractivity contribution is 0.0728. The number of fused-ring (bicyclic) bond motifs is 3. The first-order chi connectivity index (χ1) is 8.93. The van der Waals surface area contributed by atoms with Crippen molar-refractivity contribution in [3.05, 3.63) is 47.5 Å². The zero-order valence-electron chi connectivity index (χ0n) is 9.90. The van der Waals surface area contributed by atoms with Crippen molar-refractivity contribution in [2.45, 2.75) is 12.5 Å². The van der Waals surface area contributed by atoms with Crippen molar-refractivity contribution in [2.24, 2.45) is 0 Å². The molecule has 0 aliphatic carbocycles. The molecule has 0 amide bonds. The van der Waals surface area contributed by atoms with E-state index in [1.54, 1.807) is 6.26 Å². The van der Waals surface area contributed by atoms with Gasteiger partial charge < -0.3 is 19.8 Å². The lowest BCUT2D eigenvalue weighted by atomic mass is 9.98. The molecule has 1 unspecified atom stereocenters. The third kappa shape index (κ3) is 1.36. The fourth-order valence-electron chi connectivity index (χ4n) is 2.83. The van der Waals surface area contributed by atoms with Crippen LogP contribution in [0.25, 0.3) is 10.9 Å². The largest absolute Gasteiger partial charge is 0.462 e. The minimum atomic E-state index is 0.0867. The zero-order valence-corrected chi connectivity index (χ0v) is 9.90. The van der Waals surface area contributed by atoms with Crippen LogP contribution in [0.15, 0.2) is 36.3 Å². The van der Waals surface area contributed by atoms with Crippen LogP contribution in [-0.2, 0) is 15.9 Å². The Labute approximate surface area is 105 Å². The molecule has 1 aromatic carbocycles. The molecule has 1 aromatic heterocycles. The normalized spacial score (nSPS) is 22.2. The first-order valence-corrected chi connectivity index (χ1v) is 6.21. The number of ether oxygens (including phenoxy) is 2. The molecule has 0 bridgehead atoms. The van der Waals surface area contributed by atoms with E-state index in [2.05, 4.69) is 34.6 Å². The van der Waals surface area contributed by atoms with Crippen molar-refractivity contribution in [3.63, 3.8) is 0 Å². The molecule has 2 aliphatic rings. The maximum atomic E-state index is 5.50. The van der Waals surface area contributed by atoms with Crippen LogP contribution in [0.5, 0.6) is 0 Å². The molecule has 2 aromatic rings. The molecule has 1 atom stereocenters. The molecule has 92 valence electrons. The quantitative estimate of drug-likeness (QED) is 0.806. The predicted octanol–water partition coefficient (Wildman–Crippen LogP) is 2.20. The van der Waals surface area contributed by atoms with Crippen molar-refractivity contribution in [1.82, 2.24) is 10.3 Å². The minimum absolute atomic E-state index is 0.0867. The lowest BCUT2D eigenvalue weighted by Gasteiger charge is -2.23. The number of nitrogens with one attached hydrogen (secondary N) is 2. The highest BCUT2D eigenvalue weighted by atomic mass is 16.7. The van der Waals surface area contributed by atoms with Gasteiger partial charge in [-0.1, -0.05) is 18.2 Å². The zero-order chi connectivity index (χ0) is 11.9. The fourth-order valence-corrected chi connectivity index (χ4v) is 2.83. The molecule has 0 radical (unpaired) electrons. The Morgan fingerprint density at radius 2 is 2.17 bits per heavy atom. The van der Waals surface area contributed by atoms with Crippen LogP contribution in [-0.4, -0.2) is 18.3 Å². The molecule has 0 fully saturated rings. The third-order valence-corrected chi connectivity index (χ3v) is 3.64. The van der Waals surface area contributed by atoms with E-state index < -0.39 is 0 Å². The van der Waals surface area contributed by atoms with Crippen molar-refractivity contribution < 1.29 is 9.47 Å². The Bertz CT molecular complexity index is 630. The summed E-state index contributed by atoms with van der Waals surface area (Å²) in [6.07, 6.45) is 2.75. The number of aromatic nitrogens is 1. The number of para-hydroxylation sites is 1. The fraction of sp³-hybridized carbons (Fsp3) is 0.286. The molecule has 2 aliphatic heterocycles. The highest BCUT2D eigenvalue weighted by molar-refractivity contribution is 5.85. The van der Waals surface area contributed by atoms with Crippen molar-refractivity contribution in [3.8, 4) is 0 Å². The van der Waals surface area contributed by atoms with Crippen molar-refractivity contribution in [2.75, 3.05) is 13.3 Å². The van der Waals surface area contributed by atoms with E-state index in [1.165, 1.54) is 22.2 Å². The summed E-state index contributed by atoms with van der Waals surface area (Å²) < 4.78 is 10.7. The Balaban J connectivity index is 1.88. The number of benzene rings is 1. The predicted molar refractivity (Wildman–Crippen MR) is 67.9 cm³/mol. The van der Waals surface area contributed by atoms with Gasteiger partial charge in [0, 0.05) is 23.1 Å². The van der Waals surface area contributed by atoms with Gasteiger partial charge in [-0.2, -0.15) is 0 Å². The summed E-state index contributed by atoms with van der Waals surface area (Å²) in [7, 11) is 0. The van der Waals surface area contributed by atoms with E-state index in [0.717, 1.165) is 18.7 Å². The summed E-state index contributed by atoms with van der Waals surface area (Å²) in [5, 5.41) is 4.79. The Hall–Kier alpha value is -1.94. The SMILES string of the molecule is C1=C(C2NCCc3c2[nH]c2ccccc32)OCO1. The standard InChI is InChI=1S/C14H14N2O2/c1-2-4-11-9(3-1)10-5-6-15-14(13(10)16-11)12-7-17-8-18-12/h1-4,7,14-16H,5-6,8H2. The van der Waals surface area contributed by atoms with Crippen LogP contribution in [0.3, 0.4) is 0 Å². The number of H-pyrrole nitrogens is 1. The molecular weight excluding hydrogens is 228 g/mol. The first-order valence-electron chi connectivity index (χ1n) is 6.21. The van der Waals surface area contributed by atoms with Gasteiger partial charge in [-0.15, -0.1) is 0 Å². The molecule has 4 nitrogen and oxygen atoms in total. The number of rotatable bonds is 1. The van der Waals surface area contributed by atoms with Gasteiger partial charge in [0.2, 0.25) is 6.79 Å². The van der Waals surface area contributed by atoms with Gasteiger partial charge >= 0.3 is 0 Å². The van der Waals surface area contributed by atoms with Crippen LogP contribution in [0.1, 0.15) is 17.3 Å². The number of hydrogen-bond donors (Lipinski definition) is 2. The molecule has 18 heavy (non-hydrogen) atoms. The van der Waals surface area contributed by atoms with Gasteiger partial charge in [0.25, 0.3) is 0 Å². The van der Waals surface area contributed by atoms with E-state index in [-0.39, 0.29) is 6.04 Å². The summed E-state index contributed by atoms with van der Waals surface area (Å²) in [6, 6.07) is 8.52. The van der Waals surface area contributed by atoms with Gasteiger partial charge in [0.15, 0.2) is 5.76 Å². The first kappa shape index (κ1) is 10.0. The molecule has 4 heteroatoms. The van der Waals surface area contributed by atoms with Gasteiger partial charge in [0.1, 0.15) is 12.3 Å². The smallest absolute Gasteiger partial charge is 0.229 e. The third-order valence-electron chi connectivity index (χ3n) is 3.64. The van der Waals surface area contributed by atoms with Crippen LogP contribution >= 0.6 is 0 Å². The summed E-state index contributed by atoms with van der Waals surface area (Å²) in [6.45, 7) is 1.28. The van der Waals surface area contributed by atoms with Gasteiger partial charge in [-0.05, 0) is 18.1 Å². The van der Waals surface area contributed by atoms with Crippen LogP contribution in [0, 0.1) is 0 Å².